The van der Waals surface area contributed by atoms with Crippen molar-refractivity contribution in [3.8, 4) is 16.9 Å². The number of likely N-dealkylation sites (tertiary alicyclic amines) is 1. The first-order valence-corrected chi connectivity index (χ1v) is 11.0. The number of nitrogens with one attached hydrogen (secondary N) is 1. The number of fused-ring (bicyclic) bond motifs is 1. The highest BCUT2D eigenvalue weighted by molar-refractivity contribution is 5.82. The Morgan fingerprint density at radius 3 is 2.67 bits per heavy atom. The third kappa shape index (κ3) is 4.05. The Kier molecular flexibility index (Phi) is 5.51. The molecule has 3 N–H and O–H groups in total. The summed E-state index contributed by atoms with van der Waals surface area (Å²) in [6, 6.07) is 11.2. The molecule has 0 aliphatic carbocycles. The Morgan fingerprint density at radius 1 is 1.18 bits per heavy atom. The molecule has 1 unspecified atom stereocenters. The van der Waals surface area contributed by atoms with Crippen LogP contribution in [0.15, 0.2) is 53.5 Å². The fourth-order valence-corrected chi connectivity index (χ4v) is 4.39. The van der Waals surface area contributed by atoms with E-state index in [9.17, 15) is 13.6 Å². The summed E-state index contributed by atoms with van der Waals surface area (Å²) in [5.74, 6) is -1.30. The molecule has 9 heteroatoms. The van der Waals surface area contributed by atoms with E-state index < -0.39 is 17.2 Å². The van der Waals surface area contributed by atoms with E-state index in [1.54, 1.807) is 10.9 Å². The molecule has 170 valence electrons. The van der Waals surface area contributed by atoms with Crippen LogP contribution < -0.4 is 11.3 Å². The van der Waals surface area contributed by atoms with Crippen molar-refractivity contribution in [3.05, 3.63) is 76.2 Å². The lowest BCUT2D eigenvalue weighted by molar-refractivity contribution is 0.241. The van der Waals surface area contributed by atoms with Gasteiger partial charge in [0.25, 0.3) is 5.56 Å². The molecule has 7 nitrogen and oxygen atoms in total. The SMILES string of the molecule is CC[C@@H]1CCN(C(N)c2ccc(-n3cc(-c4cc5cc(F)c(F)cc5[nH]c4=O)nn3)cc2)C1. The van der Waals surface area contributed by atoms with E-state index in [4.69, 9.17) is 5.73 Å². The average Bonchev–Trinajstić information content (AvgIpc) is 3.50. The number of aromatic amines is 1. The minimum Gasteiger partial charge on any atom is -0.321 e. The molecule has 1 fully saturated rings. The quantitative estimate of drug-likeness (QED) is 0.483. The maximum absolute atomic E-state index is 13.6. The van der Waals surface area contributed by atoms with Crippen LogP contribution in [-0.2, 0) is 0 Å². The van der Waals surface area contributed by atoms with Crippen molar-refractivity contribution in [3.63, 3.8) is 0 Å². The molecule has 1 aliphatic rings. The Balaban J connectivity index is 1.39. The monoisotopic (exact) mass is 450 g/mol. The van der Waals surface area contributed by atoms with Crippen LogP contribution in [0.5, 0.6) is 0 Å². The van der Waals surface area contributed by atoms with Gasteiger partial charge in [-0.3, -0.25) is 9.69 Å². The summed E-state index contributed by atoms with van der Waals surface area (Å²) in [4.78, 5) is 17.4. The highest BCUT2D eigenvalue weighted by Gasteiger charge is 2.26. The smallest absolute Gasteiger partial charge is 0.258 e. The van der Waals surface area contributed by atoms with E-state index in [1.165, 1.54) is 18.9 Å². The standard InChI is InChI=1S/C24H24F2N6O/c1-2-14-7-8-31(12-14)23(27)15-3-5-17(6-4-15)32-13-22(29-30-32)18-9-16-10-19(25)20(26)11-21(16)28-24(18)33/h3-6,9-11,13-14,23H,2,7-8,12,27H2,1H3,(H,28,33)/t14-,23?/m1/s1. The molecule has 0 saturated carbocycles. The second kappa shape index (κ2) is 8.49. The van der Waals surface area contributed by atoms with Gasteiger partial charge in [0.2, 0.25) is 0 Å². The Morgan fingerprint density at radius 2 is 1.94 bits per heavy atom. The van der Waals surface area contributed by atoms with Gasteiger partial charge in [0, 0.05) is 24.5 Å². The third-order valence-electron chi connectivity index (χ3n) is 6.44. The number of rotatable bonds is 5. The number of nitrogens with two attached hydrogens (primary N) is 1. The van der Waals surface area contributed by atoms with Gasteiger partial charge < -0.3 is 10.7 Å². The van der Waals surface area contributed by atoms with Gasteiger partial charge in [-0.1, -0.05) is 30.7 Å². The largest absolute Gasteiger partial charge is 0.321 e. The zero-order chi connectivity index (χ0) is 23.1. The number of hydrogen-bond donors (Lipinski definition) is 2. The number of pyridine rings is 1. The zero-order valence-corrected chi connectivity index (χ0v) is 18.1. The topological polar surface area (TPSA) is 92.8 Å². The highest BCUT2D eigenvalue weighted by Crippen LogP contribution is 2.27. The van der Waals surface area contributed by atoms with Gasteiger partial charge in [0.05, 0.1) is 29.1 Å². The molecule has 2 aromatic heterocycles. The molecule has 1 saturated heterocycles. The number of nitrogens with zero attached hydrogens (tertiary/aromatic N) is 4. The second-order valence-corrected chi connectivity index (χ2v) is 8.51. The maximum atomic E-state index is 13.6. The third-order valence-corrected chi connectivity index (χ3v) is 6.44. The van der Waals surface area contributed by atoms with Gasteiger partial charge in [-0.05, 0) is 42.2 Å². The maximum Gasteiger partial charge on any atom is 0.258 e. The molecule has 1 aliphatic heterocycles. The predicted octanol–water partition coefficient (Wildman–Crippen LogP) is 3.74. The zero-order valence-electron chi connectivity index (χ0n) is 18.1. The van der Waals surface area contributed by atoms with E-state index in [0.29, 0.717) is 17.0 Å². The molecular weight excluding hydrogens is 426 g/mol. The summed E-state index contributed by atoms with van der Waals surface area (Å²) in [6.45, 7) is 4.23. The van der Waals surface area contributed by atoms with Gasteiger partial charge in [-0.15, -0.1) is 5.10 Å². The number of H-pyrrole nitrogens is 1. The van der Waals surface area contributed by atoms with E-state index >= 15 is 0 Å². The van der Waals surface area contributed by atoms with E-state index in [0.717, 1.165) is 36.5 Å². The number of halogens is 2. The molecule has 3 heterocycles. The Hall–Kier alpha value is -3.43. The molecule has 0 amide bonds. The van der Waals surface area contributed by atoms with Crippen molar-refractivity contribution < 1.29 is 8.78 Å². The minimum absolute atomic E-state index is 0.150. The fraction of sp³-hybridized carbons (Fsp3) is 0.292. The highest BCUT2D eigenvalue weighted by atomic mass is 19.2. The van der Waals surface area contributed by atoms with E-state index in [1.807, 2.05) is 24.3 Å². The molecule has 5 rings (SSSR count). The first kappa shape index (κ1) is 21.4. The predicted molar refractivity (Wildman–Crippen MR) is 122 cm³/mol. The lowest BCUT2D eigenvalue weighted by Gasteiger charge is -2.24. The molecule has 2 aromatic carbocycles. The number of benzene rings is 2. The van der Waals surface area contributed by atoms with Crippen molar-refractivity contribution in [2.75, 3.05) is 13.1 Å². The van der Waals surface area contributed by atoms with Crippen LogP contribution in [-0.4, -0.2) is 38.0 Å². The van der Waals surface area contributed by atoms with Crippen molar-refractivity contribution >= 4 is 10.9 Å². The fourth-order valence-electron chi connectivity index (χ4n) is 4.39. The normalized spacial score (nSPS) is 17.6. The second-order valence-electron chi connectivity index (χ2n) is 8.51. The van der Waals surface area contributed by atoms with Crippen LogP contribution in [0.3, 0.4) is 0 Å². The van der Waals surface area contributed by atoms with Crippen molar-refractivity contribution in [2.45, 2.75) is 25.9 Å². The molecule has 33 heavy (non-hydrogen) atoms. The number of aromatic nitrogens is 4. The first-order chi connectivity index (χ1) is 15.9. The van der Waals surface area contributed by atoms with E-state index in [-0.39, 0.29) is 17.2 Å². The van der Waals surface area contributed by atoms with Crippen LogP contribution in [0.1, 0.15) is 31.5 Å². The van der Waals surface area contributed by atoms with Gasteiger partial charge in [-0.25, -0.2) is 13.5 Å². The van der Waals surface area contributed by atoms with Crippen molar-refractivity contribution in [1.29, 1.82) is 0 Å². The summed E-state index contributed by atoms with van der Waals surface area (Å²) in [5, 5.41) is 8.59. The molecule has 0 bridgehead atoms. The lowest BCUT2D eigenvalue weighted by Crippen LogP contribution is -2.32. The van der Waals surface area contributed by atoms with E-state index in [2.05, 4.69) is 27.1 Å². The molecule has 0 radical (unpaired) electrons. The van der Waals surface area contributed by atoms with Gasteiger partial charge >= 0.3 is 0 Å². The van der Waals surface area contributed by atoms with Crippen LogP contribution in [0.4, 0.5) is 8.78 Å². The summed E-state index contributed by atoms with van der Waals surface area (Å²) >= 11 is 0. The summed E-state index contributed by atoms with van der Waals surface area (Å²) in [5.41, 5.74) is 8.56. The van der Waals surface area contributed by atoms with Crippen LogP contribution in [0.2, 0.25) is 0 Å². The Bertz CT molecular complexity index is 1360. The average molecular weight is 450 g/mol. The van der Waals surface area contributed by atoms with Crippen molar-refractivity contribution in [1.82, 2.24) is 24.9 Å². The van der Waals surface area contributed by atoms with Gasteiger partial charge in [0.15, 0.2) is 11.6 Å². The molecule has 0 spiro atoms. The summed E-state index contributed by atoms with van der Waals surface area (Å²) in [7, 11) is 0. The summed E-state index contributed by atoms with van der Waals surface area (Å²) < 4.78 is 28.6. The summed E-state index contributed by atoms with van der Waals surface area (Å²) in [6.07, 6.45) is 3.82. The molecular formula is C24H24F2N6O. The van der Waals surface area contributed by atoms with Gasteiger partial charge in [-0.2, -0.15) is 0 Å². The van der Waals surface area contributed by atoms with Gasteiger partial charge in [0.1, 0.15) is 5.69 Å². The van der Waals surface area contributed by atoms with Crippen LogP contribution >= 0.6 is 0 Å². The van der Waals surface area contributed by atoms with Crippen molar-refractivity contribution in [2.24, 2.45) is 11.7 Å². The van der Waals surface area contributed by atoms with Crippen LogP contribution in [0.25, 0.3) is 27.8 Å². The number of hydrogen-bond acceptors (Lipinski definition) is 5. The molecule has 2 atom stereocenters. The minimum atomic E-state index is -1.02. The lowest BCUT2D eigenvalue weighted by atomic mass is 10.1. The Labute approximate surface area is 188 Å². The molecule has 4 aromatic rings. The first-order valence-electron chi connectivity index (χ1n) is 11.0. The van der Waals surface area contributed by atoms with Crippen LogP contribution in [0, 0.1) is 17.6 Å².